The number of fused-ring (bicyclic) bond motifs is 3. The lowest BCUT2D eigenvalue weighted by atomic mass is 10.3. The van der Waals surface area contributed by atoms with E-state index >= 15 is 0 Å². The van der Waals surface area contributed by atoms with Gasteiger partial charge in [-0.3, -0.25) is 4.40 Å². The molecule has 0 aliphatic carbocycles. The van der Waals surface area contributed by atoms with Crippen LogP contribution >= 0.6 is 11.3 Å². The molecule has 2 N–H and O–H groups in total. The molecule has 0 aliphatic heterocycles. The molecule has 3 aromatic rings. The lowest BCUT2D eigenvalue weighted by Crippen LogP contribution is -1.96. The molecule has 2 heterocycles. The highest BCUT2D eigenvalue weighted by Crippen LogP contribution is 2.26. The molecule has 0 unspecified atom stereocenters. The molecule has 0 fully saturated rings. The summed E-state index contributed by atoms with van der Waals surface area (Å²) < 4.78 is 2.18. The van der Waals surface area contributed by atoms with Crippen molar-refractivity contribution in [2.75, 3.05) is 0 Å². The Labute approximate surface area is 91.2 Å². The van der Waals surface area contributed by atoms with Crippen LogP contribution in [0.3, 0.4) is 0 Å². The van der Waals surface area contributed by atoms with E-state index in [0.717, 1.165) is 10.5 Å². The van der Waals surface area contributed by atoms with Gasteiger partial charge in [0, 0.05) is 17.1 Å². The molecule has 3 nitrogen and oxygen atoms in total. The van der Waals surface area contributed by atoms with E-state index in [2.05, 4.69) is 22.4 Å². The fourth-order valence-corrected chi connectivity index (χ4v) is 2.91. The van der Waals surface area contributed by atoms with Crippen molar-refractivity contribution in [1.82, 2.24) is 9.38 Å². The molecule has 0 radical (unpaired) electrons. The number of hydrogen-bond acceptors (Lipinski definition) is 3. The molecule has 0 saturated heterocycles. The maximum absolute atomic E-state index is 5.69. The Bertz CT molecular complexity index is 636. The summed E-state index contributed by atoms with van der Waals surface area (Å²) in [6.45, 7) is 2.69. The fourth-order valence-electron chi connectivity index (χ4n) is 1.89. The van der Waals surface area contributed by atoms with E-state index in [-0.39, 0.29) is 0 Å². The summed E-state index contributed by atoms with van der Waals surface area (Å²) in [7, 11) is 0. The third-order valence-corrected chi connectivity index (χ3v) is 3.83. The summed E-state index contributed by atoms with van der Waals surface area (Å²) in [6.07, 6.45) is 0. The van der Waals surface area contributed by atoms with Crippen LogP contribution in [0.4, 0.5) is 0 Å². The monoisotopic (exact) mass is 217 g/mol. The quantitative estimate of drug-likeness (QED) is 0.679. The molecule has 2 aromatic heterocycles. The number of nitrogens with zero attached hydrogens (tertiary/aromatic N) is 2. The van der Waals surface area contributed by atoms with Crippen LogP contribution in [-0.4, -0.2) is 9.38 Å². The van der Waals surface area contributed by atoms with Gasteiger partial charge in [0.05, 0.1) is 11.0 Å². The number of aryl methyl sites for hydroxylation is 1. The third-order valence-electron chi connectivity index (χ3n) is 2.67. The van der Waals surface area contributed by atoms with E-state index in [0.29, 0.717) is 6.54 Å². The SMILES string of the molecule is Cc1c(CN)sc2nc3ccccc3n12. The van der Waals surface area contributed by atoms with Crippen molar-refractivity contribution in [3.63, 3.8) is 0 Å². The molecule has 0 bridgehead atoms. The molecule has 0 aliphatic rings. The first-order chi connectivity index (χ1) is 7.31. The Morgan fingerprint density at radius 3 is 3.00 bits per heavy atom. The van der Waals surface area contributed by atoms with Crippen molar-refractivity contribution in [3.8, 4) is 0 Å². The summed E-state index contributed by atoms with van der Waals surface area (Å²) in [6, 6.07) is 8.18. The zero-order valence-electron chi connectivity index (χ0n) is 8.40. The Balaban J connectivity index is 2.51. The highest BCUT2D eigenvalue weighted by molar-refractivity contribution is 7.17. The van der Waals surface area contributed by atoms with Crippen LogP contribution in [0, 0.1) is 6.92 Å². The zero-order valence-corrected chi connectivity index (χ0v) is 9.21. The lowest BCUT2D eigenvalue weighted by molar-refractivity contribution is 1.04. The molecule has 15 heavy (non-hydrogen) atoms. The average Bonchev–Trinajstić information content (AvgIpc) is 2.75. The summed E-state index contributed by atoms with van der Waals surface area (Å²) in [5.41, 5.74) is 9.12. The van der Waals surface area contributed by atoms with Crippen molar-refractivity contribution < 1.29 is 0 Å². The molecule has 0 saturated carbocycles. The molecule has 1 aromatic carbocycles. The number of imidazole rings is 1. The minimum atomic E-state index is 0.591. The molecule has 3 rings (SSSR count). The first kappa shape index (κ1) is 8.88. The topological polar surface area (TPSA) is 43.3 Å². The van der Waals surface area contributed by atoms with Gasteiger partial charge in [-0.25, -0.2) is 4.98 Å². The summed E-state index contributed by atoms with van der Waals surface area (Å²) in [5, 5.41) is 0. The van der Waals surface area contributed by atoms with Crippen molar-refractivity contribution in [1.29, 1.82) is 0 Å². The van der Waals surface area contributed by atoms with Crippen molar-refractivity contribution in [3.05, 3.63) is 34.8 Å². The maximum Gasteiger partial charge on any atom is 0.195 e. The Morgan fingerprint density at radius 2 is 2.20 bits per heavy atom. The van der Waals surface area contributed by atoms with Crippen LogP contribution in [0.25, 0.3) is 16.0 Å². The molecule has 76 valence electrons. The van der Waals surface area contributed by atoms with Crippen LogP contribution < -0.4 is 5.73 Å². The number of thiazole rings is 1. The fraction of sp³-hybridized carbons (Fsp3) is 0.182. The van der Waals surface area contributed by atoms with Gasteiger partial charge < -0.3 is 5.73 Å². The minimum absolute atomic E-state index is 0.591. The van der Waals surface area contributed by atoms with Gasteiger partial charge in [-0.1, -0.05) is 23.5 Å². The number of para-hydroxylation sites is 2. The van der Waals surface area contributed by atoms with Crippen LogP contribution in [0.1, 0.15) is 10.6 Å². The van der Waals surface area contributed by atoms with Gasteiger partial charge in [0.15, 0.2) is 4.96 Å². The van der Waals surface area contributed by atoms with E-state index in [4.69, 9.17) is 5.73 Å². The van der Waals surface area contributed by atoms with E-state index in [1.807, 2.05) is 18.2 Å². The van der Waals surface area contributed by atoms with Crippen LogP contribution in [0.15, 0.2) is 24.3 Å². The van der Waals surface area contributed by atoms with Gasteiger partial charge in [0.25, 0.3) is 0 Å². The second-order valence-electron chi connectivity index (χ2n) is 3.53. The second kappa shape index (κ2) is 3.05. The van der Waals surface area contributed by atoms with Gasteiger partial charge in [-0.05, 0) is 19.1 Å². The normalized spacial score (nSPS) is 11.6. The smallest absolute Gasteiger partial charge is 0.195 e. The summed E-state index contributed by atoms with van der Waals surface area (Å²) in [5.74, 6) is 0. The van der Waals surface area contributed by atoms with Crippen molar-refractivity contribution >= 4 is 27.3 Å². The minimum Gasteiger partial charge on any atom is -0.326 e. The Morgan fingerprint density at radius 1 is 1.40 bits per heavy atom. The van der Waals surface area contributed by atoms with Crippen LogP contribution in [0.2, 0.25) is 0 Å². The average molecular weight is 217 g/mol. The van der Waals surface area contributed by atoms with Crippen LogP contribution in [-0.2, 0) is 6.54 Å². The Hall–Kier alpha value is -1.39. The first-order valence-electron chi connectivity index (χ1n) is 4.87. The zero-order chi connectivity index (χ0) is 10.4. The molecular weight excluding hydrogens is 206 g/mol. The van der Waals surface area contributed by atoms with E-state index < -0.39 is 0 Å². The van der Waals surface area contributed by atoms with E-state index in [9.17, 15) is 0 Å². The predicted molar refractivity (Wildman–Crippen MR) is 63.2 cm³/mol. The molecule has 0 amide bonds. The van der Waals surface area contributed by atoms with E-state index in [1.54, 1.807) is 11.3 Å². The molecule has 0 spiro atoms. The number of benzene rings is 1. The number of aromatic nitrogens is 2. The van der Waals surface area contributed by atoms with Gasteiger partial charge in [0.1, 0.15) is 0 Å². The second-order valence-corrected chi connectivity index (χ2v) is 4.60. The maximum atomic E-state index is 5.69. The largest absolute Gasteiger partial charge is 0.326 e. The van der Waals surface area contributed by atoms with Gasteiger partial charge >= 0.3 is 0 Å². The molecule has 4 heteroatoms. The molecule has 0 atom stereocenters. The van der Waals surface area contributed by atoms with Crippen molar-refractivity contribution in [2.24, 2.45) is 5.73 Å². The third kappa shape index (κ3) is 1.12. The van der Waals surface area contributed by atoms with E-state index in [1.165, 1.54) is 16.1 Å². The van der Waals surface area contributed by atoms with Gasteiger partial charge in [-0.15, -0.1) is 0 Å². The standard InChI is InChI=1S/C11H11N3S/c1-7-10(6-12)15-11-13-8-4-2-3-5-9(8)14(7)11/h2-5H,6,12H2,1H3. The molecular formula is C11H11N3S. The highest BCUT2D eigenvalue weighted by Gasteiger charge is 2.11. The predicted octanol–water partition coefficient (Wildman–Crippen LogP) is 2.32. The lowest BCUT2D eigenvalue weighted by Gasteiger charge is -1.95. The number of nitrogens with two attached hydrogens (primary N) is 1. The highest BCUT2D eigenvalue weighted by atomic mass is 32.1. The van der Waals surface area contributed by atoms with Gasteiger partial charge in [-0.2, -0.15) is 0 Å². The van der Waals surface area contributed by atoms with Crippen molar-refractivity contribution in [2.45, 2.75) is 13.5 Å². The Kier molecular flexibility index (Phi) is 1.81. The van der Waals surface area contributed by atoms with Crippen LogP contribution in [0.5, 0.6) is 0 Å². The first-order valence-corrected chi connectivity index (χ1v) is 5.68. The number of rotatable bonds is 1. The number of hydrogen-bond donors (Lipinski definition) is 1. The summed E-state index contributed by atoms with van der Waals surface area (Å²) >= 11 is 1.68. The summed E-state index contributed by atoms with van der Waals surface area (Å²) in [4.78, 5) is 6.82. The van der Waals surface area contributed by atoms with Gasteiger partial charge in [0.2, 0.25) is 0 Å².